The van der Waals surface area contributed by atoms with Crippen LogP contribution in [0.25, 0.3) is 5.57 Å². The third-order valence-corrected chi connectivity index (χ3v) is 5.89. The maximum atomic E-state index is 13.8. The summed E-state index contributed by atoms with van der Waals surface area (Å²) in [5.74, 6) is 1.99. The van der Waals surface area contributed by atoms with E-state index in [1.807, 2.05) is 42.2 Å². The monoisotopic (exact) mass is 466 g/mol. The van der Waals surface area contributed by atoms with Gasteiger partial charge in [0, 0.05) is 30.3 Å². The van der Waals surface area contributed by atoms with E-state index in [-0.39, 0.29) is 5.91 Å². The molecule has 0 aromatic heterocycles. The van der Waals surface area contributed by atoms with Crippen LogP contribution in [0.15, 0.2) is 36.9 Å². The van der Waals surface area contributed by atoms with Crippen molar-refractivity contribution in [3.05, 3.63) is 59.2 Å². The number of unbranched alkanes of at least 4 members (excludes halogenated alkanes) is 2. The summed E-state index contributed by atoms with van der Waals surface area (Å²) in [6.07, 6.45) is 3.94. The van der Waals surface area contributed by atoms with Gasteiger partial charge in [0.05, 0.1) is 25.3 Å². The summed E-state index contributed by atoms with van der Waals surface area (Å²) in [4.78, 5) is 15.6. The zero-order chi connectivity index (χ0) is 24.5. The average Bonchev–Trinajstić information content (AvgIpc) is 3.27. The molecule has 0 aliphatic carbocycles. The Morgan fingerprint density at radius 2 is 1.59 bits per heavy atom. The average molecular weight is 467 g/mol. The molecule has 0 spiro atoms. The van der Waals surface area contributed by atoms with E-state index in [4.69, 9.17) is 19.9 Å². The molecule has 0 atom stereocenters. The van der Waals surface area contributed by atoms with Gasteiger partial charge < -0.3 is 24.8 Å². The molecule has 1 aliphatic rings. The first-order valence-corrected chi connectivity index (χ1v) is 12.3. The van der Waals surface area contributed by atoms with Crippen molar-refractivity contribution < 1.29 is 19.0 Å². The van der Waals surface area contributed by atoms with Crippen LogP contribution in [-0.2, 0) is 13.1 Å². The minimum absolute atomic E-state index is 0.0740. The first-order chi connectivity index (χ1) is 16.5. The fourth-order valence-electron chi connectivity index (χ4n) is 3.96. The molecule has 34 heavy (non-hydrogen) atoms. The van der Waals surface area contributed by atoms with Gasteiger partial charge in [0.2, 0.25) is 0 Å². The van der Waals surface area contributed by atoms with Crippen molar-refractivity contribution in [2.75, 3.05) is 26.4 Å². The molecule has 2 aromatic carbocycles. The molecule has 6 nitrogen and oxygen atoms in total. The van der Waals surface area contributed by atoms with Crippen molar-refractivity contribution in [1.29, 1.82) is 0 Å². The second-order valence-corrected chi connectivity index (χ2v) is 8.72. The van der Waals surface area contributed by atoms with Gasteiger partial charge in [0.1, 0.15) is 23.9 Å². The van der Waals surface area contributed by atoms with E-state index < -0.39 is 0 Å². The number of hydrogen-bond donors (Lipinski definition) is 1. The third-order valence-electron chi connectivity index (χ3n) is 5.89. The fourth-order valence-corrected chi connectivity index (χ4v) is 3.96. The van der Waals surface area contributed by atoms with Crippen LogP contribution in [0.3, 0.4) is 0 Å². The molecule has 1 amide bonds. The molecule has 1 heterocycles. The van der Waals surface area contributed by atoms with Crippen molar-refractivity contribution in [2.45, 2.75) is 59.5 Å². The Kier molecular flexibility index (Phi) is 9.40. The Hall–Kier alpha value is -2.99. The molecule has 1 aliphatic heterocycles. The van der Waals surface area contributed by atoms with Gasteiger partial charge in [-0.2, -0.15) is 0 Å². The van der Waals surface area contributed by atoms with E-state index >= 15 is 0 Å². The Morgan fingerprint density at radius 3 is 2.21 bits per heavy atom. The number of carbonyl (C=O) groups excluding carboxylic acids is 1. The molecule has 3 rings (SSSR count). The number of fused-ring (bicyclic) bond motifs is 1. The Morgan fingerprint density at radius 1 is 0.941 bits per heavy atom. The highest BCUT2D eigenvalue weighted by Crippen LogP contribution is 2.37. The Balaban J connectivity index is 1.92. The van der Waals surface area contributed by atoms with Gasteiger partial charge in [-0.15, -0.1) is 0 Å². The van der Waals surface area contributed by atoms with Crippen LogP contribution in [0.2, 0.25) is 0 Å². The van der Waals surface area contributed by atoms with Crippen LogP contribution in [-0.4, -0.2) is 37.2 Å². The predicted octanol–water partition coefficient (Wildman–Crippen LogP) is 5.57. The normalized spacial score (nSPS) is 12.4. The molecule has 0 bridgehead atoms. The highest BCUT2D eigenvalue weighted by molar-refractivity contribution is 5.98. The molecule has 2 N–H and O–H groups in total. The fraction of sp³-hybridized carbons (Fsp3) is 0.464. The Bertz CT molecular complexity index is 1000. The molecule has 0 unspecified atom stereocenters. The minimum Gasteiger partial charge on any atom is -0.493 e. The predicted molar refractivity (Wildman–Crippen MR) is 137 cm³/mol. The summed E-state index contributed by atoms with van der Waals surface area (Å²) in [5.41, 5.74) is 9.97. The largest absolute Gasteiger partial charge is 0.493 e. The number of nitrogens with two attached hydrogens (primary N) is 1. The number of hydrogen-bond acceptors (Lipinski definition) is 5. The smallest absolute Gasteiger partial charge is 0.258 e. The van der Waals surface area contributed by atoms with Crippen molar-refractivity contribution in [1.82, 2.24) is 4.90 Å². The number of amides is 1. The standard InChI is InChI=1S/C28H38N2O4/c1-5-7-13-32-26-17-27(33-14-8-6-2)23(16-22(26)20(3)4)28(31)30-18-21-10-9-11-25(24(21)19-30)34-15-12-29/h9-11,16-17H,3,5-8,12-15,18-19,29H2,1-2,4H3. The van der Waals surface area contributed by atoms with Gasteiger partial charge in [0.15, 0.2) is 0 Å². The third kappa shape index (κ3) is 6.11. The maximum absolute atomic E-state index is 13.8. The quantitative estimate of drug-likeness (QED) is 0.391. The minimum atomic E-state index is -0.0740. The zero-order valence-electron chi connectivity index (χ0n) is 20.8. The number of rotatable bonds is 13. The molecular formula is C28H38N2O4. The second kappa shape index (κ2) is 12.5. The zero-order valence-corrected chi connectivity index (χ0v) is 20.8. The lowest BCUT2D eigenvalue weighted by atomic mass is 10.0. The molecule has 0 saturated carbocycles. The van der Waals surface area contributed by atoms with Gasteiger partial charge in [-0.3, -0.25) is 4.79 Å². The molecule has 0 fully saturated rings. The first-order valence-electron chi connectivity index (χ1n) is 12.3. The van der Waals surface area contributed by atoms with Gasteiger partial charge in [-0.05, 0) is 43.0 Å². The van der Waals surface area contributed by atoms with E-state index in [1.165, 1.54) is 0 Å². The molecular weight excluding hydrogens is 428 g/mol. The lowest BCUT2D eigenvalue weighted by Gasteiger charge is -2.21. The number of ether oxygens (including phenoxy) is 3. The highest BCUT2D eigenvalue weighted by Gasteiger charge is 2.29. The number of nitrogens with zero attached hydrogens (tertiary/aromatic N) is 1. The van der Waals surface area contributed by atoms with E-state index in [1.54, 1.807) is 0 Å². The summed E-state index contributed by atoms with van der Waals surface area (Å²) < 4.78 is 18.0. The topological polar surface area (TPSA) is 74.0 Å². The summed E-state index contributed by atoms with van der Waals surface area (Å²) in [6, 6.07) is 9.67. The molecule has 0 radical (unpaired) electrons. The summed E-state index contributed by atoms with van der Waals surface area (Å²) >= 11 is 0. The number of allylic oxidation sites excluding steroid dienone is 1. The summed E-state index contributed by atoms with van der Waals surface area (Å²) in [6.45, 7) is 13.4. The van der Waals surface area contributed by atoms with Crippen LogP contribution in [0.1, 0.15) is 73.5 Å². The number of carbonyl (C=O) groups is 1. The van der Waals surface area contributed by atoms with Crippen LogP contribution >= 0.6 is 0 Å². The summed E-state index contributed by atoms with van der Waals surface area (Å²) in [5, 5.41) is 0. The van der Waals surface area contributed by atoms with Gasteiger partial charge in [-0.25, -0.2) is 0 Å². The highest BCUT2D eigenvalue weighted by atomic mass is 16.5. The van der Waals surface area contributed by atoms with Gasteiger partial charge >= 0.3 is 0 Å². The van der Waals surface area contributed by atoms with Crippen LogP contribution in [0.5, 0.6) is 17.2 Å². The van der Waals surface area contributed by atoms with E-state index in [0.29, 0.717) is 56.5 Å². The van der Waals surface area contributed by atoms with Gasteiger partial charge in [0.25, 0.3) is 5.91 Å². The van der Waals surface area contributed by atoms with Crippen LogP contribution < -0.4 is 19.9 Å². The second-order valence-electron chi connectivity index (χ2n) is 8.72. The van der Waals surface area contributed by atoms with Crippen molar-refractivity contribution in [3.63, 3.8) is 0 Å². The SMILES string of the molecule is C=C(C)c1cc(C(=O)N2Cc3cccc(OCCN)c3C2)c(OCCCC)cc1OCCCC. The van der Waals surface area contributed by atoms with Crippen molar-refractivity contribution in [2.24, 2.45) is 5.73 Å². The molecule has 0 saturated heterocycles. The maximum Gasteiger partial charge on any atom is 0.258 e. The molecule has 6 heteroatoms. The Labute approximate surface area is 203 Å². The van der Waals surface area contributed by atoms with Crippen LogP contribution in [0, 0.1) is 0 Å². The van der Waals surface area contributed by atoms with E-state index in [2.05, 4.69) is 20.4 Å². The van der Waals surface area contributed by atoms with Crippen molar-refractivity contribution >= 4 is 11.5 Å². The van der Waals surface area contributed by atoms with Gasteiger partial charge in [-0.1, -0.05) is 45.4 Å². The first kappa shape index (κ1) is 25.6. The van der Waals surface area contributed by atoms with Crippen LogP contribution in [0.4, 0.5) is 0 Å². The lowest BCUT2D eigenvalue weighted by Crippen LogP contribution is -2.26. The summed E-state index contributed by atoms with van der Waals surface area (Å²) in [7, 11) is 0. The van der Waals surface area contributed by atoms with Crippen molar-refractivity contribution in [3.8, 4) is 17.2 Å². The molecule has 2 aromatic rings. The van der Waals surface area contributed by atoms with E-state index in [9.17, 15) is 4.79 Å². The number of benzene rings is 2. The van der Waals surface area contributed by atoms with E-state index in [0.717, 1.165) is 53.7 Å². The lowest BCUT2D eigenvalue weighted by molar-refractivity contribution is 0.0746. The molecule has 184 valence electrons.